The predicted molar refractivity (Wildman–Crippen MR) is 105 cm³/mol. The van der Waals surface area contributed by atoms with E-state index < -0.39 is 0 Å². The molecule has 0 spiro atoms. The molecule has 4 rings (SSSR count). The lowest BCUT2D eigenvalue weighted by molar-refractivity contribution is -0.129. The average molecular weight is 382 g/mol. The Bertz CT molecular complexity index is 905. The van der Waals surface area contributed by atoms with Crippen LogP contribution in [0, 0.1) is 11.3 Å². The van der Waals surface area contributed by atoms with Gasteiger partial charge < -0.3 is 4.90 Å². The van der Waals surface area contributed by atoms with Crippen LogP contribution in [0.15, 0.2) is 65.2 Å². The summed E-state index contributed by atoms with van der Waals surface area (Å²) in [5.41, 5.74) is 2.72. The minimum Gasteiger partial charge on any atom is -0.344 e. The number of thioether (sulfide) groups is 1. The van der Waals surface area contributed by atoms with Crippen molar-refractivity contribution in [3.05, 3.63) is 75.8 Å². The average Bonchev–Trinajstić information content (AvgIpc) is 2.69. The van der Waals surface area contributed by atoms with Crippen LogP contribution in [0.5, 0.6) is 0 Å². The van der Waals surface area contributed by atoms with Gasteiger partial charge in [-0.1, -0.05) is 53.7 Å². The highest BCUT2D eigenvalue weighted by molar-refractivity contribution is 8.03. The molecule has 0 saturated carbocycles. The maximum atomic E-state index is 12.8. The van der Waals surface area contributed by atoms with Gasteiger partial charge in [-0.05, 0) is 29.8 Å². The molecule has 0 bridgehead atoms. The van der Waals surface area contributed by atoms with Crippen molar-refractivity contribution in [2.75, 3.05) is 17.4 Å². The van der Waals surface area contributed by atoms with Gasteiger partial charge in [-0.2, -0.15) is 5.26 Å². The third kappa shape index (κ3) is 3.07. The van der Waals surface area contributed by atoms with Crippen molar-refractivity contribution < 1.29 is 4.79 Å². The number of rotatable bonds is 2. The van der Waals surface area contributed by atoms with Crippen LogP contribution in [-0.2, 0) is 4.79 Å². The predicted octanol–water partition coefficient (Wildman–Crippen LogP) is 4.56. The molecule has 0 N–H and O–H groups in total. The number of carbonyl (C=O) groups is 1. The Morgan fingerprint density at radius 1 is 1.12 bits per heavy atom. The summed E-state index contributed by atoms with van der Waals surface area (Å²) in [6.07, 6.45) is 0.325. The molecule has 130 valence electrons. The highest BCUT2D eigenvalue weighted by atomic mass is 35.5. The number of nitrogens with zero attached hydrogens (tertiary/aromatic N) is 3. The van der Waals surface area contributed by atoms with E-state index in [0.29, 0.717) is 29.6 Å². The first-order valence-electron chi connectivity index (χ1n) is 8.30. The lowest BCUT2D eigenvalue weighted by Gasteiger charge is -2.42. The van der Waals surface area contributed by atoms with E-state index >= 15 is 0 Å². The zero-order chi connectivity index (χ0) is 18.1. The summed E-state index contributed by atoms with van der Waals surface area (Å²) in [4.78, 5) is 16.7. The molecule has 2 aromatic carbocycles. The number of halogens is 1. The number of benzene rings is 2. The molecule has 6 heteroatoms. The van der Waals surface area contributed by atoms with E-state index in [1.54, 1.807) is 16.7 Å². The first kappa shape index (κ1) is 17.0. The monoisotopic (exact) mass is 381 g/mol. The summed E-state index contributed by atoms with van der Waals surface area (Å²) in [5, 5.41) is 11.3. The van der Waals surface area contributed by atoms with E-state index in [4.69, 9.17) is 11.6 Å². The van der Waals surface area contributed by atoms with Gasteiger partial charge in [-0.25, -0.2) is 0 Å². The van der Waals surface area contributed by atoms with Crippen molar-refractivity contribution in [1.29, 1.82) is 5.26 Å². The zero-order valence-electron chi connectivity index (χ0n) is 13.9. The standard InChI is InChI=1S/C20H16ClN3OS/c21-15-6-8-16(9-7-15)23-12-24-19(25)10-17(14-4-2-1-3-5-14)18(11-22)20(24)26-13-23/h1-9,17H,10,12-13H2. The minimum absolute atomic E-state index is 0.0546. The summed E-state index contributed by atoms with van der Waals surface area (Å²) >= 11 is 7.51. The summed E-state index contributed by atoms with van der Waals surface area (Å²) in [5.74, 6) is 0.585. The van der Waals surface area contributed by atoms with Gasteiger partial charge in [-0.15, -0.1) is 0 Å². The molecule has 2 aliphatic rings. The largest absolute Gasteiger partial charge is 0.344 e. The van der Waals surface area contributed by atoms with Crippen LogP contribution in [0.4, 0.5) is 5.69 Å². The van der Waals surface area contributed by atoms with E-state index in [1.165, 1.54) is 0 Å². The molecule has 2 heterocycles. The third-order valence-electron chi connectivity index (χ3n) is 4.69. The van der Waals surface area contributed by atoms with E-state index in [9.17, 15) is 10.1 Å². The second-order valence-electron chi connectivity index (χ2n) is 6.25. The highest BCUT2D eigenvalue weighted by Crippen LogP contribution is 2.43. The maximum absolute atomic E-state index is 12.8. The number of allylic oxidation sites excluding steroid dienone is 1. The first-order valence-corrected chi connectivity index (χ1v) is 9.66. The smallest absolute Gasteiger partial charge is 0.229 e. The van der Waals surface area contributed by atoms with Gasteiger partial charge in [0.2, 0.25) is 5.91 Å². The molecule has 0 aliphatic carbocycles. The third-order valence-corrected chi connectivity index (χ3v) is 6.09. The van der Waals surface area contributed by atoms with Gasteiger partial charge >= 0.3 is 0 Å². The fourth-order valence-corrected chi connectivity index (χ4v) is 4.64. The van der Waals surface area contributed by atoms with E-state index in [-0.39, 0.29) is 11.8 Å². The second kappa shape index (κ2) is 7.06. The number of nitriles is 1. The summed E-state index contributed by atoms with van der Waals surface area (Å²) in [6, 6.07) is 19.8. The number of anilines is 1. The molecule has 26 heavy (non-hydrogen) atoms. The van der Waals surface area contributed by atoms with Crippen LogP contribution < -0.4 is 4.90 Å². The Labute approximate surface area is 161 Å². The molecular weight excluding hydrogens is 366 g/mol. The van der Waals surface area contributed by atoms with Crippen molar-refractivity contribution in [2.24, 2.45) is 0 Å². The fraction of sp³-hybridized carbons (Fsp3) is 0.200. The van der Waals surface area contributed by atoms with Crippen molar-refractivity contribution in [1.82, 2.24) is 4.90 Å². The van der Waals surface area contributed by atoms with Gasteiger partial charge in [0.15, 0.2) is 0 Å². The molecule has 1 saturated heterocycles. The molecule has 2 aromatic rings. The van der Waals surface area contributed by atoms with Crippen molar-refractivity contribution in [3.63, 3.8) is 0 Å². The normalized spacial score (nSPS) is 20.0. The van der Waals surface area contributed by atoms with Gasteiger partial charge in [0.1, 0.15) is 0 Å². The summed E-state index contributed by atoms with van der Waals surface area (Å²) < 4.78 is 0. The van der Waals surface area contributed by atoms with Crippen LogP contribution >= 0.6 is 23.4 Å². The van der Waals surface area contributed by atoms with Crippen molar-refractivity contribution >= 4 is 35.0 Å². The lowest BCUT2D eigenvalue weighted by atomic mass is 9.86. The van der Waals surface area contributed by atoms with Gasteiger partial charge in [0, 0.05) is 23.0 Å². The van der Waals surface area contributed by atoms with Gasteiger partial charge in [0.05, 0.1) is 29.2 Å². The Kier molecular flexibility index (Phi) is 4.62. The molecule has 1 unspecified atom stereocenters. The Hall–Kier alpha value is -2.42. The quantitative estimate of drug-likeness (QED) is 0.765. The molecule has 2 aliphatic heterocycles. The molecule has 1 fully saturated rings. The van der Waals surface area contributed by atoms with E-state index in [0.717, 1.165) is 16.3 Å². The van der Waals surface area contributed by atoms with Crippen LogP contribution in [0.2, 0.25) is 5.02 Å². The first-order chi connectivity index (χ1) is 12.7. The van der Waals surface area contributed by atoms with E-state index in [1.807, 2.05) is 54.6 Å². The number of amides is 1. The number of hydrogen-bond donors (Lipinski definition) is 0. The lowest BCUT2D eigenvalue weighted by Crippen LogP contribution is -2.47. The molecular formula is C20H16ClN3OS. The fourth-order valence-electron chi connectivity index (χ4n) is 3.35. The topological polar surface area (TPSA) is 47.3 Å². The SMILES string of the molecule is N#CC1=C2SCN(c3ccc(Cl)cc3)CN2C(=O)CC1c1ccccc1. The van der Waals surface area contributed by atoms with Crippen LogP contribution in [0.3, 0.4) is 0 Å². The Morgan fingerprint density at radius 3 is 2.54 bits per heavy atom. The molecule has 4 nitrogen and oxygen atoms in total. The Balaban J connectivity index is 1.66. The van der Waals surface area contributed by atoms with Crippen LogP contribution in [0.1, 0.15) is 17.9 Å². The van der Waals surface area contributed by atoms with Crippen molar-refractivity contribution in [3.8, 4) is 6.07 Å². The highest BCUT2D eigenvalue weighted by Gasteiger charge is 2.38. The molecule has 1 amide bonds. The Morgan fingerprint density at radius 2 is 1.85 bits per heavy atom. The van der Waals surface area contributed by atoms with Crippen LogP contribution in [-0.4, -0.2) is 23.4 Å². The second-order valence-corrected chi connectivity index (χ2v) is 7.62. The van der Waals surface area contributed by atoms with E-state index in [2.05, 4.69) is 11.0 Å². The number of fused-ring (bicyclic) bond motifs is 1. The molecule has 1 atom stereocenters. The maximum Gasteiger partial charge on any atom is 0.229 e. The zero-order valence-corrected chi connectivity index (χ0v) is 15.5. The van der Waals surface area contributed by atoms with Crippen LogP contribution in [0.25, 0.3) is 0 Å². The van der Waals surface area contributed by atoms with Gasteiger partial charge in [0.25, 0.3) is 0 Å². The number of hydrogen-bond acceptors (Lipinski definition) is 4. The summed E-state index contributed by atoms with van der Waals surface area (Å²) in [7, 11) is 0. The van der Waals surface area contributed by atoms with Crippen molar-refractivity contribution in [2.45, 2.75) is 12.3 Å². The molecule has 0 radical (unpaired) electrons. The molecule has 0 aromatic heterocycles. The number of carbonyl (C=O) groups excluding carboxylic acids is 1. The van der Waals surface area contributed by atoms with Gasteiger partial charge in [-0.3, -0.25) is 9.69 Å². The minimum atomic E-state index is -0.158. The summed E-state index contributed by atoms with van der Waals surface area (Å²) in [6.45, 7) is 0.454.